The first kappa shape index (κ1) is 20.7. The van der Waals surface area contributed by atoms with Crippen molar-refractivity contribution in [3.63, 3.8) is 0 Å². The topological polar surface area (TPSA) is 99.1 Å². The summed E-state index contributed by atoms with van der Waals surface area (Å²) in [6.07, 6.45) is 1.88. The summed E-state index contributed by atoms with van der Waals surface area (Å²) >= 11 is 1.54. The van der Waals surface area contributed by atoms with E-state index in [0.717, 1.165) is 28.2 Å². The van der Waals surface area contributed by atoms with Crippen molar-refractivity contribution in [3.05, 3.63) is 91.9 Å². The number of carbonyl (C=O) groups excluding carboxylic acids is 1. The zero-order valence-corrected chi connectivity index (χ0v) is 17.0. The Kier molecular flexibility index (Phi) is 6.72. The van der Waals surface area contributed by atoms with E-state index in [9.17, 15) is 14.9 Å². The summed E-state index contributed by atoms with van der Waals surface area (Å²) in [4.78, 5) is 27.7. The van der Waals surface area contributed by atoms with Crippen molar-refractivity contribution in [3.8, 4) is 0 Å². The van der Waals surface area contributed by atoms with Crippen molar-refractivity contribution < 1.29 is 9.72 Å². The number of non-ortho nitro benzene ring substituents is 1. The van der Waals surface area contributed by atoms with Crippen molar-refractivity contribution in [2.24, 2.45) is 11.7 Å². The monoisotopic (exact) mass is 409 g/mol. The van der Waals surface area contributed by atoms with Crippen molar-refractivity contribution in [2.45, 2.75) is 32.1 Å². The standard InChI is InChI=1S/C22H23N3O3S/c1-2-17-14-29-22(24-17)20(13-16-8-10-18(11-9-16)25(27)28)19(21(23)26)12-15-6-4-3-5-7-15/h3-11,14,19-20H,2,12-13H2,1H3,(H2,23,26)/t19?,20-/m0/s1. The number of rotatable bonds is 9. The maximum Gasteiger partial charge on any atom is 0.269 e. The Bertz CT molecular complexity index is 970. The van der Waals surface area contributed by atoms with E-state index in [2.05, 4.69) is 0 Å². The predicted molar refractivity (Wildman–Crippen MR) is 114 cm³/mol. The number of aryl methyl sites for hydroxylation is 1. The molecule has 3 rings (SSSR count). The number of hydrogen-bond donors (Lipinski definition) is 1. The highest BCUT2D eigenvalue weighted by atomic mass is 32.1. The van der Waals surface area contributed by atoms with Crippen LogP contribution in [0.5, 0.6) is 0 Å². The van der Waals surface area contributed by atoms with Crippen molar-refractivity contribution in [1.82, 2.24) is 4.98 Å². The van der Waals surface area contributed by atoms with Crippen LogP contribution >= 0.6 is 11.3 Å². The first-order valence-corrected chi connectivity index (χ1v) is 10.4. The number of nitrogens with two attached hydrogens (primary N) is 1. The molecule has 2 N–H and O–H groups in total. The number of benzene rings is 2. The molecule has 0 radical (unpaired) electrons. The number of aromatic nitrogens is 1. The van der Waals surface area contributed by atoms with Gasteiger partial charge in [-0.05, 0) is 30.4 Å². The minimum Gasteiger partial charge on any atom is -0.369 e. The molecule has 0 spiro atoms. The van der Waals surface area contributed by atoms with E-state index in [1.165, 1.54) is 23.5 Å². The molecule has 1 heterocycles. The highest BCUT2D eigenvalue weighted by Crippen LogP contribution is 2.34. The Morgan fingerprint density at radius 2 is 1.76 bits per heavy atom. The van der Waals surface area contributed by atoms with Crippen LogP contribution in [0.15, 0.2) is 60.0 Å². The number of carbonyl (C=O) groups is 1. The third-order valence-corrected chi connectivity index (χ3v) is 6.03. The van der Waals surface area contributed by atoms with Gasteiger partial charge in [0.25, 0.3) is 5.69 Å². The molecule has 0 saturated carbocycles. The molecule has 2 atom stereocenters. The van der Waals surface area contributed by atoms with Gasteiger partial charge in [-0.2, -0.15) is 0 Å². The van der Waals surface area contributed by atoms with E-state index in [1.54, 1.807) is 12.1 Å². The smallest absolute Gasteiger partial charge is 0.269 e. The van der Waals surface area contributed by atoms with Crippen LogP contribution in [0, 0.1) is 16.0 Å². The molecule has 0 fully saturated rings. The van der Waals surface area contributed by atoms with Crippen LogP contribution in [0.4, 0.5) is 5.69 Å². The van der Waals surface area contributed by atoms with Crippen LogP contribution in [-0.2, 0) is 24.1 Å². The number of hydrogen-bond acceptors (Lipinski definition) is 5. The lowest BCUT2D eigenvalue weighted by Crippen LogP contribution is -2.31. The van der Waals surface area contributed by atoms with Crippen LogP contribution in [-0.4, -0.2) is 15.8 Å². The van der Waals surface area contributed by atoms with Crippen molar-refractivity contribution in [2.75, 3.05) is 0 Å². The van der Waals surface area contributed by atoms with Gasteiger partial charge in [0.15, 0.2) is 0 Å². The molecule has 7 heteroatoms. The summed E-state index contributed by atoms with van der Waals surface area (Å²) in [6.45, 7) is 2.04. The molecule has 3 aromatic rings. The van der Waals surface area contributed by atoms with Crippen LogP contribution in [0.3, 0.4) is 0 Å². The van der Waals surface area contributed by atoms with E-state index in [4.69, 9.17) is 10.7 Å². The lowest BCUT2D eigenvalue weighted by molar-refractivity contribution is -0.384. The average Bonchev–Trinajstić information content (AvgIpc) is 3.20. The molecule has 0 bridgehead atoms. The van der Waals surface area contributed by atoms with Crippen LogP contribution < -0.4 is 5.73 Å². The summed E-state index contributed by atoms with van der Waals surface area (Å²) in [5.74, 6) is -0.989. The van der Waals surface area contributed by atoms with Gasteiger partial charge in [0.1, 0.15) is 0 Å². The van der Waals surface area contributed by atoms with Gasteiger partial charge in [-0.1, -0.05) is 49.4 Å². The number of thiazole rings is 1. The van der Waals surface area contributed by atoms with Gasteiger partial charge in [0.05, 0.1) is 21.5 Å². The maximum absolute atomic E-state index is 12.4. The summed E-state index contributed by atoms with van der Waals surface area (Å²) in [5, 5.41) is 13.8. The Labute approximate surface area is 173 Å². The molecule has 1 amide bonds. The van der Waals surface area contributed by atoms with E-state index in [1.807, 2.05) is 42.6 Å². The fourth-order valence-corrected chi connectivity index (χ4v) is 4.44. The quantitative estimate of drug-likeness (QED) is 0.421. The fourth-order valence-electron chi connectivity index (χ4n) is 3.37. The second-order valence-electron chi connectivity index (χ2n) is 6.96. The lowest BCUT2D eigenvalue weighted by Gasteiger charge is -2.23. The third kappa shape index (κ3) is 5.26. The Hall–Kier alpha value is -3.06. The minimum absolute atomic E-state index is 0.0450. The summed E-state index contributed by atoms with van der Waals surface area (Å²) < 4.78 is 0. The highest BCUT2D eigenvalue weighted by Gasteiger charge is 2.31. The van der Waals surface area contributed by atoms with Gasteiger partial charge < -0.3 is 5.73 Å². The first-order valence-electron chi connectivity index (χ1n) is 9.48. The molecule has 1 unspecified atom stereocenters. The molecule has 0 aliphatic rings. The maximum atomic E-state index is 12.4. The molecule has 0 aliphatic heterocycles. The van der Waals surface area contributed by atoms with Gasteiger partial charge in [-0.3, -0.25) is 14.9 Å². The average molecular weight is 410 g/mol. The zero-order chi connectivity index (χ0) is 20.8. The number of nitrogens with zero attached hydrogens (tertiary/aromatic N) is 2. The van der Waals surface area contributed by atoms with Gasteiger partial charge in [-0.25, -0.2) is 4.98 Å². The fraction of sp³-hybridized carbons (Fsp3) is 0.273. The number of nitro groups is 1. The molecule has 29 heavy (non-hydrogen) atoms. The summed E-state index contributed by atoms with van der Waals surface area (Å²) in [5.41, 5.74) is 8.81. The van der Waals surface area contributed by atoms with E-state index >= 15 is 0 Å². The van der Waals surface area contributed by atoms with Gasteiger partial charge >= 0.3 is 0 Å². The van der Waals surface area contributed by atoms with E-state index < -0.39 is 10.8 Å². The molecule has 2 aromatic carbocycles. The van der Waals surface area contributed by atoms with Crippen LogP contribution in [0.2, 0.25) is 0 Å². The second-order valence-corrected chi connectivity index (χ2v) is 7.85. The van der Waals surface area contributed by atoms with Gasteiger partial charge in [-0.15, -0.1) is 11.3 Å². The highest BCUT2D eigenvalue weighted by molar-refractivity contribution is 7.09. The molecular weight excluding hydrogens is 386 g/mol. The number of primary amides is 1. The molecule has 150 valence electrons. The number of nitro benzene ring substituents is 1. The molecule has 1 aromatic heterocycles. The molecule has 0 saturated heterocycles. The summed E-state index contributed by atoms with van der Waals surface area (Å²) in [7, 11) is 0. The predicted octanol–water partition coefficient (Wildman–Crippen LogP) is 4.28. The Balaban J connectivity index is 1.94. The van der Waals surface area contributed by atoms with Crippen LogP contribution in [0.25, 0.3) is 0 Å². The first-order chi connectivity index (χ1) is 14.0. The zero-order valence-electron chi connectivity index (χ0n) is 16.2. The Morgan fingerprint density at radius 1 is 1.10 bits per heavy atom. The third-order valence-electron chi connectivity index (χ3n) is 5.00. The van der Waals surface area contributed by atoms with E-state index in [0.29, 0.717) is 12.8 Å². The summed E-state index contributed by atoms with van der Waals surface area (Å²) in [6, 6.07) is 16.2. The van der Waals surface area contributed by atoms with E-state index in [-0.39, 0.29) is 17.5 Å². The molecular formula is C22H23N3O3S. The largest absolute Gasteiger partial charge is 0.369 e. The van der Waals surface area contributed by atoms with Crippen molar-refractivity contribution >= 4 is 22.9 Å². The van der Waals surface area contributed by atoms with Crippen molar-refractivity contribution in [1.29, 1.82) is 0 Å². The SMILES string of the molecule is CCc1csc([C@@H](Cc2ccc([N+](=O)[O-])cc2)C(Cc2ccccc2)C(N)=O)n1. The lowest BCUT2D eigenvalue weighted by atomic mass is 9.82. The minimum atomic E-state index is -0.427. The second kappa shape index (κ2) is 9.43. The molecule has 0 aliphatic carbocycles. The van der Waals surface area contributed by atoms with Crippen LogP contribution in [0.1, 0.15) is 34.7 Å². The molecule has 6 nitrogen and oxygen atoms in total. The number of amides is 1. The van der Waals surface area contributed by atoms with Gasteiger partial charge in [0.2, 0.25) is 5.91 Å². The van der Waals surface area contributed by atoms with Gasteiger partial charge in [0, 0.05) is 23.4 Å². The Morgan fingerprint density at radius 3 is 2.31 bits per heavy atom. The normalized spacial score (nSPS) is 13.0.